The van der Waals surface area contributed by atoms with Gasteiger partial charge in [-0.25, -0.2) is 17.5 Å². The molecule has 0 spiro atoms. The van der Waals surface area contributed by atoms with Gasteiger partial charge in [-0.2, -0.15) is 10.2 Å². The maximum atomic E-state index is 14.3. The van der Waals surface area contributed by atoms with Gasteiger partial charge in [0, 0.05) is 31.0 Å². The predicted molar refractivity (Wildman–Crippen MR) is 140 cm³/mol. The molecular formula is C25H30FN9O2S. The van der Waals surface area contributed by atoms with Gasteiger partial charge in [0.15, 0.2) is 0 Å². The number of alkyl halides is 1. The van der Waals surface area contributed by atoms with E-state index in [0.29, 0.717) is 35.6 Å². The topological polar surface area (TPSA) is 133 Å². The molecule has 2 N–H and O–H groups in total. The molecule has 200 valence electrons. The van der Waals surface area contributed by atoms with Gasteiger partial charge in [0.05, 0.1) is 27.8 Å². The highest BCUT2D eigenvalue weighted by molar-refractivity contribution is 7.89. The summed E-state index contributed by atoms with van der Waals surface area (Å²) in [4.78, 5) is 0.0871. The van der Waals surface area contributed by atoms with Gasteiger partial charge < -0.3 is 5.32 Å². The molecule has 6 rings (SSSR count). The molecule has 38 heavy (non-hydrogen) atoms. The van der Waals surface area contributed by atoms with E-state index in [0.717, 1.165) is 41.2 Å². The van der Waals surface area contributed by atoms with Crippen LogP contribution in [0.2, 0.25) is 0 Å². The molecule has 0 bridgehead atoms. The molecule has 1 saturated carbocycles. The highest BCUT2D eigenvalue weighted by atomic mass is 32.2. The van der Waals surface area contributed by atoms with E-state index in [-0.39, 0.29) is 17.5 Å². The van der Waals surface area contributed by atoms with Crippen molar-refractivity contribution in [3.05, 3.63) is 47.0 Å². The molecule has 0 amide bonds. The Hall–Kier alpha value is -3.45. The zero-order valence-electron chi connectivity index (χ0n) is 21.7. The molecule has 0 radical (unpaired) electrons. The van der Waals surface area contributed by atoms with Gasteiger partial charge in [-0.1, -0.05) is 0 Å². The van der Waals surface area contributed by atoms with Crippen molar-refractivity contribution < 1.29 is 12.8 Å². The average Bonchev–Trinajstić information content (AvgIpc) is 3.33. The van der Waals surface area contributed by atoms with E-state index in [1.165, 1.54) is 13.8 Å². The van der Waals surface area contributed by atoms with Crippen LogP contribution in [-0.4, -0.2) is 55.4 Å². The standard InChI is InChI=1S/C25H30FN9O2S/c1-14-9-22(34(4)33-14)29-24-32-27-13-35(24)20-8-7-16-17(20)11-21(38(36,37)28-12-25(2,3)26)18-10-19(15-5-6-15)30-31-23(16)18/h9-11,13,15,20,28H,5-8,12H2,1-4H3,(H,29,32)/t20-/m0/s1. The second-order valence-electron chi connectivity index (χ2n) is 10.8. The third-order valence-corrected chi connectivity index (χ3v) is 8.59. The van der Waals surface area contributed by atoms with Crippen molar-refractivity contribution in [3.63, 3.8) is 0 Å². The molecule has 1 atom stereocenters. The normalized spacial score (nSPS) is 17.8. The fourth-order valence-electron chi connectivity index (χ4n) is 5.09. The number of fused-ring (bicyclic) bond motifs is 3. The lowest BCUT2D eigenvalue weighted by Crippen LogP contribution is -2.35. The van der Waals surface area contributed by atoms with Crippen molar-refractivity contribution in [2.75, 3.05) is 11.9 Å². The van der Waals surface area contributed by atoms with Crippen LogP contribution >= 0.6 is 0 Å². The molecule has 11 nitrogen and oxygen atoms in total. The average molecular weight is 540 g/mol. The number of anilines is 2. The van der Waals surface area contributed by atoms with Crippen LogP contribution in [0.25, 0.3) is 10.9 Å². The zero-order chi connectivity index (χ0) is 26.8. The van der Waals surface area contributed by atoms with Crippen molar-refractivity contribution >= 4 is 32.7 Å². The Kier molecular flexibility index (Phi) is 5.76. The zero-order valence-corrected chi connectivity index (χ0v) is 22.5. The van der Waals surface area contributed by atoms with Gasteiger partial charge >= 0.3 is 0 Å². The summed E-state index contributed by atoms with van der Waals surface area (Å²) in [5.74, 6) is 1.58. The first-order chi connectivity index (χ1) is 18.0. The minimum atomic E-state index is -4.04. The Labute approximate surface area is 219 Å². The number of nitrogens with zero attached hydrogens (tertiary/aromatic N) is 7. The summed E-state index contributed by atoms with van der Waals surface area (Å²) in [6.07, 6.45) is 5.07. The number of halogens is 1. The summed E-state index contributed by atoms with van der Waals surface area (Å²) in [6.45, 7) is 4.25. The number of sulfonamides is 1. The molecule has 2 aliphatic carbocycles. The SMILES string of the molecule is Cc1cc(Nc2nncn2[C@H]2CCc3c2cc(S(=O)(=O)NCC(C)(C)F)c2cc(C4CC4)nnc32)n(C)n1. The highest BCUT2D eigenvalue weighted by Crippen LogP contribution is 2.44. The van der Waals surface area contributed by atoms with Gasteiger partial charge in [0.25, 0.3) is 0 Å². The predicted octanol–water partition coefficient (Wildman–Crippen LogP) is 3.45. The Morgan fingerprint density at radius 2 is 1.92 bits per heavy atom. The third kappa shape index (κ3) is 4.53. The van der Waals surface area contributed by atoms with Crippen molar-refractivity contribution in [2.24, 2.45) is 7.05 Å². The Bertz CT molecular complexity index is 1650. The summed E-state index contributed by atoms with van der Waals surface area (Å²) >= 11 is 0. The molecule has 2 aliphatic rings. The van der Waals surface area contributed by atoms with E-state index in [9.17, 15) is 12.8 Å². The van der Waals surface area contributed by atoms with Gasteiger partial charge in [0.2, 0.25) is 16.0 Å². The number of benzene rings is 1. The van der Waals surface area contributed by atoms with E-state index in [4.69, 9.17) is 0 Å². The van der Waals surface area contributed by atoms with Crippen LogP contribution in [0, 0.1) is 6.92 Å². The Morgan fingerprint density at radius 3 is 2.61 bits per heavy atom. The van der Waals surface area contributed by atoms with Crippen LogP contribution in [0.5, 0.6) is 0 Å². The molecule has 0 unspecified atom stereocenters. The highest BCUT2D eigenvalue weighted by Gasteiger charge is 2.34. The number of hydrogen-bond donors (Lipinski definition) is 2. The van der Waals surface area contributed by atoms with Crippen LogP contribution in [0.3, 0.4) is 0 Å². The summed E-state index contributed by atoms with van der Waals surface area (Å²) in [5, 5.41) is 25.5. The van der Waals surface area contributed by atoms with E-state index in [1.807, 2.05) is 30.7 Å². The quantitative estimate of drug-likeness (QED) is 0.348. The van der Waals surface area contributed by atoms with Crippen LogP contribution in [0.1, 0.15) is 67.6 Å². The summed E-state index contributed by atoms with van der Waals surface area (Å²) in [7, 11) is -2.21. The third-order valence-electron chi connectivity index (χ3n) is 7.14. The fraction of sp³-hybridized carbons (Fsp3) is 0.480. The van der Waals surface area contributed by atoms with Crippen LogP contribution in [-0.2, 0) is 23.5 Å². The van der Waals surface area contributed by atoms with Crippen LogP contribution < -0.4 is 10.0 Å². The van der Waals surface area contributed by atoms with Gasteiger partial charge in [-0.3, -0.25) is 9.25 Å². The van der Waals surface area contributed by atoms with E-state index in [2.05, 4.69) is 35.5 Å². The fourth-order valence-corrected chi connectivity index (χ4v) is 6.51. The molecular weight excluding hydrogens is 509 g/mol. The largest absolute Gasteiger partial charge is 0.309 e. The van der Waals surface area contributed by atoms with Crippen molar-refractivity contribution in [1.29, 1.82) is 0 Å². The monoisotopic (exact) mass is 539 g/mol. The maximum Gasteiger partial charge on any atom is 0.241 e. The molecule has 1 fully saturated rings. The minimum Gasteiger partial charge on any atom is -0.309 e. The van der Waals surface area contributed by atoms with Crippen molar-refractivity contribution in [3.8, 4) is 0 Å². The van der Waals surface area contributed by atoms with Crippen LogP contribution in [0.15, 0.2) is 29.4 Å². The molecule has 3 aromatic heterocycles. The first-order valence-electron chi connectivity index (χ1n) is 12.7. The van der Waals surface area contributed by atoms with Gasteiger partial charge in [-0.05, 0) is 69.7 Å². The molecule has 1 aromatic carbocycles. The molecule has 3 heterocycles. The summed E-state index contributed by atoms with van der Waals surface area (Å²) < 4.78 is 47.5. The smallest absolute Gasteiger partial charge is 0.241 e. The number of hydrogen-bond acceptors (Lipinski definition) is 8. The lowest BCUT2D eigenvalue weighted by Gasteiger charge is -2.20. The Balaban J connectivity index is 1.46. The first kappa shape index (κ1) is 24.9. The lowest BCUT2D eigenvalue weighted by atomic mass is 10.0. The summed E-state index contributed by atoms with van der Waals surface area (Å²) in [6, 6.07) is 5.24. The van der Waals surface area contributed by atoms with Crippen molar-refractivity contribution in [2.45, 2.75) is 69.0 Å². The second-order valence-corrected chi connectivity index (χ2v) is 12.6. The summed E-state index contributed by atoms with van der Waals surface area (Å²) in [5.41, 5.74) is 2.30. The maximum absolute atomic E-state index is 14.3. The lowest BCUT2D eigenvalue weighted by molar-refractivity contribution is 0.221. The van der Waals surface area contributed by atoms with Crippen LogP contribution in [0.4, 0.5) is 16.2 Å². The molecule has 0 saturated heterocycles. The number of rotatable bonds is 8. The second kappa shape index (κ2) is 8.80. The van der Waals surface area contributed by atoms with E-state index in [1.54, 1.807) is 17.1 Å². The number of aryl methyl sites for hydroxylation is 3. The van der Waals surface area contributed by atoms with Gasteiger partial charge in [0.1, 0.15) is 17.8 Å². The number of aromatic nitrogens is 7. The Morgan fingerprint density at radius 1 is 1.13 bits per heavy atom. The van der Waals surface area contributed by atoms with Gasteiger partial charge in [-0.15, -0.1) is 15.3 Å². The number of nitrogens with one attached hydrogen (secondary N) is 2. The molecule has 4 aromatic rings. The van der Waals surface area contributed by atoms with E-state index < -0.39 is 15.7 Å². The van der Waals surface area contributed by atoms with Crippen molar-refractivity contribution in [1.82, 2.24) is 39.5 Å². The minimum absolute atomic E-state index is 0.0871. The molecule has 0 aliphatic heterocycles. The van der Waals surface area contributed by atoms with E-state index >= 15 is 0 Å². The molecule has 13 heteroatoms. The first-order valence-corrected chi connectivity index (χ1v) is 14.2.